The Morgan fingerprint density at radius 1 is 1.27 bits per heavy atom. The number of fused-ring (bicyclic) bond motifs is 2. The summed E-state index contributed by atoms with van der Waals surface area (Å²) in [6.07, 6.45) is 3.73. The molecule has 0 unspecified atom stereocenters. The lowest BCUT2D eigenvalue weighted by molar-refractivity contribution is 0.253. The summed E-state index contributed by atoms with van der Waals surface area (Å²) >= 11 is 6.56. The zero-order valence-electron chi connectivity index (χ0n) is 16.5. The molecule has 2 aromatic rings. The first-order chi connectivity index (χ1) is 14.6. The lowest BCUT2D eigenvalue weighted by Crippen LogP contribution is -2.38. The van der Waals surface area contributed by atoms with Crippen molar-refractivity contribution in [1.29, 1.82) is 0 Å². The van der Waals surface area contributed by atoms with Crippen molar-refractivity contribution in [2.24, 2.45) is 4.99 Å². The molecule has 0 bridgehead atoms. The van der Waals surface area contributed by atoms with Crippen LogP contribution in [0.3, 0.4) is 0 Å². The van der Waals surface area contributed by atoms with Crippen LogP contribution in [0.1, 0.15) is 41.9 Å². The second-order valence-electron chi connectivity index (χ2n) is 7.93. The Kier molecular flexibility index (Phi) is 5.16. The highest BCUT2D eigenvalue weighted by molar-refractivity contribution is 6.49. The van der Waals surface area contributed by atoms with Crippen LogP contribution in [0.25, 0.3) is 5.03 Å². The lowest BCUT2D eigenvalue weighted by atomic mass is 10.0. The minimum absolute atomic E-state index is 0.0969. The number of rotatable bonds is 3. The smallest absolute Gasteiger partial charge is 0.255 e. The van der Waals surface area contributed by atoms with E-state index in [0.717, 1.165) is 49.3 Å². The van der Waals surface area contributed by atoms with E-state index in [0.29, 0.717) is 53.9 Å². The summed E-state index contributed by atoms with van der Waals surface area (Å²) in [6, 6.07) is 4.36. The van der Waals surface area contributed by atoms with E-state index in [1.54, 1.807) is 6.07 Å². The molecule has 6 nitrogen and oxygen atoms in total. The molecule has 0 radical (unpaired) electrons. The number of hydrogen-bond acceptors (Lipinski definition) is 5. The second kappa shape index (κ2) is 7.96. The molecule has 0 atom stereocenters. The van der Waals surface area contributed by atoms with E-state index in [1.165, 1.54) is 12.1 Å². The predicted molar refractivity (Wildman–Crippen MR) is 114 cm³/mol. The molecule has 0 amide bonds. The Labute approximate surface area is 178 Å². The number of ether oxygens (including phenoxy) is 1. The minimum atomic E-state index is -0.348. The average Bonchev–Trinajstić information content (AvgIpc) is 2.77. The van der Waals surface area contributed by atoms with Gasteiger partial charge in [-0.1, -0.05) is 11.6 Å². The van der Waals surface area contributed by atoms with Crippen molar-refractivity contribution in [3.8, 4) is 5.75 Å². The molecule has 4 heterocycles. The van der Waals surface area contributed by atoms with Gasteiger partial charge in [0.15, 0.2) is 5.82 Å². The van der Waals surface area contributed by atoms with Crippen LogP contribution in [0, 0.1) is 5.82 Å². The Hall–Kier alpha value is -2.51. The van der Waals surface area contributed by atoms with Crippen molar-refractivity contribution in [3.05, 3.63) is 62.6 Å². The molecular weight excluding hydrogens is 407 g/mol. The Morgan fingerprint density at radius 3 is 3.00 bits per heavy atom. The predicted octanol–water partition coefficient (Wildman–Crippen LogP) is 3.28. The summed E-state index contributed by atoms with van der Waals surface area (Å²) in [5, 5.41) is 0.527. The molecule has 3 aliphatic heterocycles. The number of aromatic amines is 1. The van der Waals surface area contributed by atoms with Gasteiger partial charge in [-0.3, -0.25) is 14.7 Å². The van der Waals surface area contributed by atoms with Crippen molar-refractivity contribution in [3.63, 3.8) is 0 Å². The molecule has 1 aromatic heterocycles. The fourth-order valence-electron chi connectivity index (χ4n) is 4.25. The van der Waals surface area contributed by atoms with Crippen LogP contribution < -0.4 is 10.3 Å². The van der Waals surface area contributed by atoms with Gasteiger partial charge in [-0.15, -0.1) is 0 Å². The van der Waals surface area contributed by atoms with E-state index in [9.17, 15) is 9.18 Å². The molecule has 1 aromatic carbocycles. The average molecular weight is 429 g/mol. The number of nitrogens with one attached hydrogen (secondary N) is 1. The molecule has 8 heteroatoms. The second-order valence-corrected chi connectivity index (χ2v) is 8.31. The van der Waals surface area contributed by atoms with E-state index in [2.05, 4.69) is 14.9 Å². The van der Waals surface area contributed by atoms with Crippen molar-refractivity contribution < 1.29 is 9.13 Å². The summed E-state index contributed by atoms with van der Waals surface area (Å²) in [5.41, 5.74) is 3.82. The van der Waals surface area contributed by atoms with Gasteiger partial charge < -0.3 is 9.72 Å². The van der Waals surface area contributed by atoms with Gasteiger partial charge in [-0.05, 0) is 37.5 Å². The number of halogens is 2. The van der Waals surface area contributed by atoms with Crippen LogP contribution in [0.4, 0.5) is 4.39 Å². The van der Waals surface area contributed by atoms with Crippen LogP contribution in [-0.2, 0) is 13.0 Å². The molecule has 1 N–H and O–H groups in total. The van der Waals surface area contributed by atoms with E-state index in [-0.39, 0.29) is 11.4 Å². The molecular formula is C22H22ClFN4O2. The molecule has 5 rings (SSSR count). The summed E-state index contributed by atoms with van der Waals surface area (Å²) < 4.78 is 19.4. The van der Waals surface area contributed by atoms with Gasteiger partial charge in [0.05, 0.1) is 22.0 Å². The van der Waals surface area contributed by atoms with Crippen LogP contribution in [0.5, 0.6) is 5.75 Å². The zero-order chi connectivity index (χ0) is 20.7. The summed E-state index contributed by atoms with van der Waals surface area (Å²) in [7, 11) is 0. The number of benzene rings is 1. The number of hydrogen-bond donors (Lipinski definition) is 1. The fourth-order valence-corrected chi connectivity index (χ4v) is 4.51. The number of aromatic nitrogens is 2. The molecule has 156 valence electrons. The summed E-state index contributed by atoms with van der Waals surface area (Å²) in [5.74, 6) is 0.865. The number of aliphatic imine (C=N–C) groups is 1. The third kappa shape index (κ3) is 3.68. The topological polar surface area (TPSA) is 70.6 Å². The standard InChI is InChI=1S/C22H22ClFN4O2/c23-20-13(12-30-19-5-4-14(24)9-15(19)20)10-28-8-6-17-16(11-28)22(29)27-21(26-17)18-3-1-2-7-25-18/h4-5,9H,1-3,6-8,10-12H2,(H,26,27,29). The minimum Gasteiger partial charge on any atom is -0.488 e. The van der Waals surface area contributed by atoms with Crippen molar-refractivity contribution in [2.45, 2.75) is 32.2 Å². The Bertz CT molecular complexity index is 1120. The highest BCUT2D eigenvalue weighted by atomic mass is 35.5. The molecule has 0 aliphatic carbocycles. The monoisotopic (exact) mass is 428 g/mol. The zero-order valence-corrected chi connectivity index (χ0v) is 17.3. The summed E-state index contributed by atoms with van der Waals surface area (Å²) in [4.78, 5) is 27.1. The Balaban J connectivity index is 1.37. The van der Waals surface area contributed by atoms with Crippen molar-refractivity contribution in [1.82, 2.24) is 14.9 Å². The third-order valence-electron chi connectivity index (χ3n) is 5.85. The fraction of sp³-hybridized carbons (Fsp3) is 0.409. The molecule has 30 heavy (non-hydrogen) atoms. The van der Waals surface area contributed by atoms with Gasteiger partial charge in [0.1, 0.15) is 18.2 Å². The normalized spacial score (nSPS) is 19.1. The first kappa shape index (κ1) is 19.5. The maximum absolute atomic E-state index is 13.6. The third-order valence-corrected chi connectivity index (χ3v) is 6.32. The van der Waals surface area contributed by atoms with Gasteiger partial charge in [-0.2, -0.15) is 0 Å². The van der Waals surface area contributed by atoms with Crippen LogP contribution in [0.15, 0.2) is 33.6 Å². The van der Waals surface area contributed by atoms with Gasteiger partial charge in [0.2, 0.25) is 0 Å². The van der Waals surface area contributed by atoms with Gasteiger partial charge >= 0.3 is 0 Å². The quantitative estimate of drug-likeness (QED) is 0.814. The van der Waals surface area contributed by atoms with E-state index in [1.807, 2.05) is 0 Å². The largest absolute Gasteiger partial charge is 0.488 e. The lowest BCUT2D eigenvalue weighted by Gasteiger charge is -2.30. The van der Waals surface area contributed by atoms with Gasteiger partial charge in [0, 0.05) is 43.7 Å². The Morgan fingerprint density at radius 2 is 2.17 bits per heavy atom. The number of nitrogens with zero attached hydrogens (tertiary/aromatic N) is 3. The van der Waals surface area contributed by atoms with Gasteiger partial charge in [-0.25, -0.2) is 9.37 Å². The van der Waals surface area contributed by atoms with E-state index in [4.69, 9.17) is 21.3 Å². The molecule has 3 aliphatic rings. The first-order valence-corrected chi connectivity index (χ1v) is 10.6. The molecule has 0 saturated heterocycles. The molecule has 0 spiro atoms. The molecule has 0 fully saturated rings. The number of H-pyrrole nitrogens is 1. The SMILES string of the molecule is O=c1[nH]c(C2=NCCCC2)nc2c1CN(CC1=C(Cl)c3cc(F)ccc3OC1)CC2. The van der Waals surface area contributed by atoms with Crippen LogP contribution >= 0.6 is 11.6 Å². The van der Waals surface area contributed by atoms with E-state index < -0.39 is 0 Å². The maximum atomic E-state index is 13.6. The van der Waals surface area contributed by atoms with Crippen molar-refractivity contribution >= 4 is 22.3 Å². The van der Waals surface area contributed by atoms with Crippen molar-refractivity contribution in [2.75, 3.05) is 26.2 Å². The maximum Gasteiger partial charge on any atom is 0.255 e. The highest BCUT2D eigenvalue weighted by Crippen LogP contribution is 2.36. The van der Waals surface area contributed by atoms with Gasteiger partial charge in [0.25, 0.3) is 5.56 Å². The first-order valence-electron chi connectivity index (χ1n) is 10.3. The van der Waals surface area contributed by atoms with Crippen LogP contribution in [0.2, 0.25) is 0 Å². The molecule has 0 saturated carbocycles. The highest BCUT2D eigenvalue weighted by Gasteiger charge is 2.26. The van der Waals surface area contributed by atoms with Crippen LogP contribution in [-0.4, -0.2) is 46.8 Å². The summed E-state index contributed by atoms with van der Waals surface area (Å²) in [6.45, 7) is 2.97. The van der Waals surface area contributed by atoms with E-state index >= 15 is 0 Å².